The Morgan fingerprint density at radius 2 is 1.78 bits per heavy atom. The fourth-order valence-corrected chi connectivity index (χ4v) is 5.36. The van der Waals surface area contributed by atoms with E-state index in [0.717, 1.165) is 11.1 Å². The molecule has 16 heteroatoms. The van der Waals surface area contributed by atoms with Gasteiger partial charge in [0, 0.05) is 32.0 Å². The molecule has 2 aromatic carbocycles. The van der Waals surface area contributed by atoms with Crippen molar-refractivity contribution in [3.8, 4) is 5.75 Å². The molecule has 49 heavy (non-hydrogen) atoms. The number of hydrogen-bond acceptors (Lipinski definition) is 10. The largest absolute Gasteiger partial charge is 0.508 e. The summed E-state index contributed by atoms with van der Waals surface area (Å²) in [6.45, 7) is 3.81. The number of primary amides is 1. The van der Waals surface area contributed by atoms with E-state index in [4.69, 9.17) is 26.1 Å². The highest BCUT2D eigenvalue weighted by Gasteiger charge is 2.31. The summed E-state index contributed by atoms with van der Waals surface area (Å²) in [6, 6.07) is 11.0. The van der Waals surface area contributed by atoms with Gasteiger partial charge in [-0.2, -0.15) is 4.98 Å². The molecule has 0 radical (unpaired) electrons. The van der Waals surface area contributed by atoms with Crippen LogP contribution in [0.25, 0.3) is 0 Å². The summed E-state index contributed by atoms with van der Waals surface area (Å²) in [4.78, 5) is 51.1. The number of nitrogens with two attached hydrogens (primary N) is 2. The molecule has 2 heterocycles. The number of hydrogen-bond donors (Lipinski definition) is 8. The number of aromatic nitrogens is 4. The predicted molar refractivity (Wildman–Crippen MR) is 178 cm³/mol. The van der Waals surface area contributed by atoms with Crippen LogP contribution in [0.2, 0.25) is 0 Å². The Kier molecular flexibility index (Phi) is 12.7. The van der Waals surface area contributed by atoms with E-state index in [9.17, 15) is 19.5 Å². The van der Waals surface area contributed by atoms with Crippen molar-refractivity contribution in [2.24, 2.45) is 11.5 Å². The molecule has 2 aromatic heterocycles. The third-order valence-electron chi connectivity index (χ3n) is 7.78. The minimum absolute atomic E-state index is 0.0337. The van der Waals surface area contributed by atoms with Crippen LogP contribution in [0.3, 0.4) is 0 Å². The molecule has 4 rings (SSSR count). The minimum Gasteiger partial charge on any atom is -0.508 e. The number of aryl methyl sites for hydroxylation is 4. The second-order valence-electron chi connectivity index (χ2n) is 11.6. The van der Waals surface area contributed by atoms with Crippen molar-refractivity contribution in [2.75, 3.05) is 6.54 Å². The van der Waals surface area contributed by atoms with Gasteiger partial charge in [-0.25, -0.2) is 9.78 Å². The molecule has 4 aromatic rings. The Morgan fingerprint density at radius 3 is 2.43 bits per heavy atom. The van der Waals surface area contributed by atoms with E-state index < -0.39 is 36.1 Å². The fourth-order valence-electron chi connectivity index (χ4n) is 5.36. The van der Waals surface area contributed by atoms with Crippen molar-refractivity contribution >= 4 is 23.9 Å². The van der Waals surface area contributed by atoms with E-state index in [0.29, 0.717) is 41.9 Å². The number of amides is 3. The van der Waals surface area contributed by atoms with Crippen LogP contribution in [0.15, 0.2) is 59.5 Å². The molecule has 10 N–H and O–H groups in total. The van der Waals surface area contributed by atoms with Crippen LogP contribution in [0.5, 0.6) is 5.75 Å². The molecule has 3 amide bonds. The van der Waals surface area contributed by atoms with Gasteiger partial charge >= 0.3 is 6.09 Å². The van der Waals surface area contributed by atoms with Crippen LogP contribution < -0.4 is 27.4 Å². The second kappa shape index (κ2) is 17.3. The summed E-state index contributed by atoms with van der Waals surface area (Å²) >= 11 is 0. The van der Waals surface area contributed by atoms with E-state index >= 15 is 0 Å². The summed E-state index contributed by atoms with van der Waals surface area (Å²) in [5.41, 5.74) is 14.5. The van der Waals surface area contributed by atoms with E-state index in [2.05, 4.69) is 36.1 Å². The maximum atomic E-state index is 14.1. The maximum absolute atomic E-state index is 14.1. The van der Waals surface area contributed by atoms with Gasteiger partial charge in [0.15, 0.2) is 17.9 Å². The van der Waals surface area contributed by atoms with E-state index in [1.54, 1.807) is 32.2 Å². The Bertz CT molecular complexity index is 1690. The summed E-state index contributed by atoms with van der Waals surface area (Å²) in [5.74, 6) is -0.888. The van der Waals surface area contributed by atoms with Crippen molar-refractivity contribution in [3.63, 3.8) is 0 Å². The molecule has 0 unspecified atom stereocenters. The number of phenols is 1. The first-order valence-corrected chi connectivity index (χ1v) is 15.8. The average Bonchev–Trinajstić information content (AvgIpc) is 3.75. The third kappa shape index (κ3) is 11.1. The number of nitrogens with one attached hydrogen (secondary N) is 5. The molecule has 0 aliphatic rings. The predicted octanol–water partition coefficient (Wildman–Crippen LogP) is 1.76. The topological polar surface area (TPSA) is 260 Å². The molecule has 0 saturated carbocycles. The van der Waals surface area contributed by atoms with E-state index in [1.807, 2.05) is 30.3 Å². The zero-order valence-electron chi connectivity index (χ0n) is 27.4. The summed E-state index contributed by atoms with van der Waals surface area (Å²) in [6.07, 6.45) is 2.47. The van der Waals surface area contributed by atoms with E-state index in [1.165, 1.54) is 6.33 Å². The lowest BCUT2D eigenvalue weighted by Crippen LogP contribution is -2.52. The lowest BCUT2D eigenvalue weighted by molar-refractivity contribution is -0.134. The zero-order chi connectivity index (χ0) is 35.3. The number of rotatable bonds is 17. The van der Waals surface area contributed by atoms with E-state index in [-0.39, 0.29) is 43.4 Å². The Hall–Kier alpha value is -5.93. The van der Waals surface area contributed by atoms with Gasteiger partial charge in [0.25, 0.3) is 5.91 Å². The molecule has 3 atom stereocenters. The number of aromatic amines is 1. The molecular weight excluding hydrogens is 632 g/mol. The molecular formula is C33H42N10O6. The van der Waals surface area contributed by atoms with Crippen LogP contribution >= 0.6 is 0 Å². The fraction of sp³-hybridized carbons (Fsp3) is 0.364. The first-order valence-electron chi connectivity index (χ1n) is 15.8. The molecule has 16 nitrogen and oxygen atoms in total. The quantitative estimate of drug-likeness (QED) is 0.0454. The summed E-state index contributed by atoms with van der Waals surface area (Å²) in [7, 11) is 0. The van der Waals surface area contributed by atoms with Crippen LogP contribution in [-0.4, -0.2) is 67.8 Å². The molecule has 0 aliphatic carbocycles. The molecule has 0 bridgehead atoms. The lowest BCUT2D eigenvalue weighted by atomic mass is 9.95. The number of carbonyl (C=O) groups excluding carboxylic acids is 3. The number of imidazole rings is 1. The Morgan fingerprint density at radius 1 is 1.04 bits per heavy atom. The van der Waals surface area contributed by atoms with Gasteiger partial charge in [-0.05, 0) is 67.5 Å². The monoisotopic (exact) mass is 674 g/mol. The lowest BCUT2D eigenvalue weighted by Gasteiger charge is -2.25. The highest BCUT2D eigenvalue weighted by Crippen LogP contribution is 2.23. The van der Waals surface area contributed by atoms with Crippen LogP contribution in [0.4, 0.5) is 4.79 Å². The number of phenolic OH excluding ortho intramolecular Hbond substituents is 1. The van der Waals surface area contributed by atoms with Crippen molar-refractivity contribution in [1.82, 2.24) is 36.1 Å². The zero-order valence-corrected chi connectivity index (χ0v) is 27.4. The summed E-state index contributed by atoms with van der Waals surface area (Å²) in [5, 5.41) is 29.8. The number of H-pyrrole nitrogens is 1. The molecule has 0 spiro atoms. The Labute approximate surface area is 282 Å². The summed E-state index contributed by atoms with van der Waals surface area (Å²) < 4.78 is 10.7. The number of aromatic hydroxyl groups is 1. The first-order chi connectivity index (χ1) is 23.5. The van der Waals surface area contributed by atoms with Crippen molar-refractivity contribution in [1.29, 1.82) is 5.41 Å². The standard InChI is InChI=1S/C33H42N10O6/c1-19-13-23(44)14-20(2)24(19)16-25(40-30(46)27(48-33(36)47)9-6-12-38-32(34)35)29(45)41-26(15-22-17-37-18-39-22)31-42-28(43-49-31)11-10-21-7-4-3-5-8-21/h3-5,7-8,13-14,17-18,25-27,44H,6,9-12,15-16H2,1-2H3,(H2,36,47)(H,37,39)(H,40,46)(H,41,45)(H4,34,35,38)/t25-,26-,27+/m0/s1. The normalized spacial score (nSPS) is 12.8. The first kappa shape index (κ1) is 35.9. The number of ether oxygens (including phenoxy) is 1. The third-order valence-corrected chi connectivity index (χ3v) is 7.78. The van der Waals surface area contributed by atoms with Gasteiger partial charge in [0.2, 0.25) is 11.8 Å². The molecule has 0 fully saturated rings. The van der Waals surface area contributed by atoms with Gasteiger partial charge < -0.3 is 46.8 Å². The highest BCUT2D eigenvalue weighted by atomic mass is 16.6. The SMILES string of the molecule is Cc1cc(O)cc(C)c1C[C@H](NC(=O)[C@@H](CCCNC(=N)N)OC(N)=O)C(=O)N[C@@H](Cc1c[nH]cn1)c1nc(CCc2ccccc2)no1. The second-order valence-corrected chi connectivity index (χ2v) is 11.6. The molecule has 260 valence electrons. The van der Waals surface area contributed by atoms with Gasteiger partial charge in [-0.1, -0.05) is 35.5 Å². The average molecular weight is 675 g/mol. The number of guanidine groups is 1. The number of nitrogens with zero attached hydrogens (tertiary/aromatic N) is 3. The van der Waals surface area contributed by atoms with Gasteiger partial charge in [-0.15, -0.1) is 0 Å². The highest BCUT2D eigenvalue weighted by molar-refractivity contribution is 5.90. The smallest absolute Gasteiger partial charge is 0.405 e. The van der Waals surface area contributed by atoms with Crippen LogP contribution in [-0.2, 0) is 40.0 Å². The molecule has 0 saturated heterocycles. The van der Waals surface area contributed by atoms with Gasteiger partial charge in [0.05, 0.1) is 12.0 Å². The van der Waals surface area contributed by atoms with Crippen molar-refractivity contribution in [2.45, 2.75) is 70.6 Å². The van der Waals surface area contributed by atoms with Crippen LogP contribution in [0, 0.1) is 19.3 Å². The minimum atomic E-state index is -1.33. The maximum Gasteiger partial charge on any atom is 0.405 e. The van der Waals surface area contributed by atoms with Crippen molar-refractivity contribution in [3.05, 3.63) is 94.7 Å². The van der Waals surface area contributed by atoms with Gasteiger partial charge in [0.1, 0.15) is 17.8 Å². The Balaban J connectivity index is 1.58. The van der Waals surface area contributed by atoms with Crippen molar-refractivity contribution < 1.29 is 28.8 Å². The number of carbonyl (C=O) groups is 3. The molecule has 0 aliphatic heterocycles. The number of benzene rings is 2. The van der Waals surface area contributed by atoms with Gasteiger partial charge in [-0.3, -0.25) is 15.0 Å². The van der Waals surface area contributed by atoms with Crippen LogP contribution in [0.1, 0.15) is 58.5 Å².